The minimum Gasteiger partial charge on any atom is -0.489 e. The Bertz CT molecular complexity index is 621. The van der Waals surface area contributed by atoms with E-state index in [2.05, 4.69) is 13.2 Å². The molecule has 0 saturated carbocycles. The van der Waals surface area contributed by atoms with Crippen molar-refractivity contribution in [2.45, 2.75) is 0 Å². The number of ether oxygens (including phenoxy) is 2. The van der Waals surface area contributed by atoms with Crippen LogP contribution in [0.1, 0.15) is 0 Å². The van der Waals surface area contributed by atoms with Crippen molar-refractivity contribution in [1.82, 2.24) is 0 Å². The van der Waals surface area contributed by atoms with Crippen molar-refractivity contribution >= 4 is 0 Å². The Hall–Kier alpha value is -2.62. The highest BCUT2D eigenvalue weighted by atomic mass is 19.1. The summed E-state index contributed by atoms with van der Waals surface area (Å²) in [5.74, 6) is -0.375. The van der Waals surface area contributed by atoms with Gasteiger partial charge in [0.05, 0.1) is 0 Å². The van der Waals surface area contributed by atoms with Gasteiger partial charge in [0.1, 0.15) is 36.3 Å². The summed E-state index contributed by atoms with van der Waals surface area (Å²) in [5.41, 5.74) is 0.331. The fraction of sp³-hybridized carbons (Fsp3) is 0.111. The third kappa shape index (κ3) is 3.73. The van der Waals surface area contributed by atoms with Crippen molar-refractivity contribution in [3.05, 3.63) is 73.3 Å². The maximum absolute atomic E-state index is 14.1. The van der Waals surface area contributed by atoms with E-state index in [0.29, 0.717) is 11.5 Å². The Morgan fingerprint density at radius 1 is 0.773 bits per heavy atom. The highest BCUT2D eigenvalue weighted by molar-refractivity contribution is 5.66. The van der Waals surface area contributed by atoms with Crippen molar-refractivity contribution in [3.63, 3.8) is 0 Å². The summed E-state index contributed by atoms with van der Waals surface area (Å²) >= 11 is 0. The summed E-state index contributed by atoms with van der Waals surface area (Å²) in [4.78, 5) is 0. The van der Waals surface area contributed by atoms with Gasteiger partial charge in [-0.05, 0) is 24.3 Å². The standard InChI is InChI=1S/C18H16F2O2/c1-3-9-21-13-5-7-15(17(19)11-13)16-8-6-14(12-18(16)20)22-10-4-2/h3-8,11-12H,1-2,9-10H2. The van der Waals surface area contributed by atoms with Gasteiger partial charge in [0, 0.05) is 23.3 Å². The van der Waals surface area contributed by atoms with Crippen LogP contribution in [-0.2, 0) is 0 Å². The minimum absolute atomic E-state index is 0.165. The van der Waals surface area contributed by atoms with Gasteiger partial charge in [-0.3, -0.25) is 0 Å². The first kappa shape index (κ1) is 15.8. The zero-order valence-corrected chi connectivity index (χ0v) is 12.0. The van der Waals surface area contributed by atoms with Crippen molar-refractivity contribution in [1.29, 1.82) is 0 Å². The lowest BCUT2D eigenvalue weighted by molar-refractivity contribution is 0.360. The Morgan fingerprint density at radius 2 is 1.18 bits per heavy atom. The fourth-order valence-corrected chi connectivity index (χ4v) is 1.92. The molecule has 0 fully saturated rings. The molecule has 0 aliphatic heterocycles. The van der Waals surface area contributed by atoms with E-state index in [-0.39, 0.29) is 24.3 Å². The molecule has 0 aliphatic carbocycles. The molecule has 2 nitrogen and oxygen atoms in total. The van der Waals surface area contributed by atoms with E-state index in [1.54, 1.807) is 24.3 Å². The molecule has 2 aromatic carbocycles. The predicted octanol–water partition coefficient (Wildman–Crippen LogP) is 4.76. The number of benzene rings is 2. The van der Waals surface area contributed by atoms with E-state index in [9.17, 15) is 8.78 Å². The molecular formula is C18H16F2O2. The maximum atomic E-state index is 14.1. The van der Waals surface area contributed by atoms with Gasteiger partial charge in [-0.2, -0.15) is 0 Å². The Labute approximate surface area is 128 Å². The number of rotatable bonds is 7. The number of hydrogen-bond donors (Lipinski definition) is 0. The van der Waals surface area contributed by atoms with Crippen molar-refractivity contribution < 1.29 is 18.3 Å². The lowest BCUT2D eigenvalue weighted by atomic mass is 10.0. The molecule has 0 unspecified atom stereocenters. The smallest absolute Gasteiger partial charge is 0.134 e. The molecule has 0 amide bonds. The van der Waals surface area contributed by atoms with E-state index >= 15 is 0 Å². The summed E-state index contributed by atoms with van der Waals surface area (Å²) < 4.78 is 38.7. The SMILES string of the molecule is C=CCOc1ccc(-c2ccc(OCC=C)cc2F)c(F)c1. The van der Waals surface area contributed by atoms with Gasteiger partial charge in [-0.25, -0.2) is 8.78 Å². The average molecular weight is 302 g/mol. The minimum atomic E-state index is -0.555. The maximum Gasteiger partial charge on any atom is 0.134 e. The van der Waals surface area contributed by atoms with E-state index < -0.39 is 11.6 Å². The molecule has 0 atom stereocenters. The van der Waals surface area contributed by atoms with Gasteiger partial charge in [0.2, 0.25) is 0 Å². The fourth-order valence-electron chi connectivity index (χ4n) is 1.92. The highest BCUT2D eigenvalue weighted by Crippen LogP contribution is 2.30. The van der Waals surface area contributed by atoms with Crippen LogP contribution < -0.4 is 9.47 Å². The second-order valence-corrected chi connectivity index (χ2v) is 4.48. The second-order valence-electron chi connectivity index (χ2n) is 4.48. The Morgan fingerprint density at radius 3 is 1.50 bits per heavy atom. The summed E-state index contributed by atoms with van der Waals surface area (Å²) in [6.45, 7) is 7.60. The van der Waals surface area contributed by atoms with Crippen LogP contribution in [0.5, 0.6) is 11.5 Å². The van der Waals surface area contributed by atoms with Crippen LogP contribution in [0.4, 0.5) is 8.78 Å². The van der Waals surface area contributed by atoms with Crippen LogP contribution in [0, 0.1) is 11.6 Å². The third-order valence-electron chi connectivity index (χ3n) is 2.91. The van der Waals surface area contributed by atoms with Gasteiger partial charge >= 0.3 is 0 Å². The van der Waals surface area contributed by atoms with E-state index in [1.807, 2.05) is 0 Å². The Balaban J connectivity index is 2.27. The molecule has 0 bridgehead atoms. The zero-order valence-electron chi connectivity index (χ0n) is 12.0. The first-order chi connectivity index (χ1) is 10.7. The molecule has 0 aromatic heterocycles. The van der Waals surface area contributed by atoms with Crippen molar-refractivity contribution in [2.75, 3.05) is 13.2 Å². The Kier molecular flexibility index (Phi) is 5.31. The molecule has 0 aliphatic rings. The summed E-state index contributed by atoms with van der Waals surface area (Å²) in [5, 5.41) is 0. The molecule has 0 radical (unpaired) electrons. The van der Waals surface area contributed by atoms with E-state index in [0.717, 1.165) is 0 Å². The molecule has 22 heavy (non-hydrogen) atoms. The van der Waals surface area contributed by atoms with Crippen LogP contribution in [0.3, 0.4) is 0 Å². The topological polar surface area (TPSA) is 18.5 Å². The molecule has 2 rings (SSSR count). The summed E-state index contributed by atoms with van der Waals surface area (Å²) in [7, 11) is 0. The second kappa shape index (κ2) is 7.41. The van der Waals surface area contributed by atoms with Gasteiger partial charge in [-0.15, -0.1) is 0 Å². The van der Waals surface area contributed by atoms with E-state index in [4.69, 9.17) is 9.47 Å². The highest BCUT2D eigenvalue weighted by Gasteiger charge is 2.12. The van der Waals surface area contributed by atoms with Crippen LogP contribution in [0.25, 0.3) is 11.1 Å². The van der Waals surface area contributed by atoms with Crippen LogP contribution in [0.2, 0.25) is 0 Å². The quantitative estimate of drug-likeness (QED) is 0.686. The van der Waals surface area contributed by atoms with Crippen LogP contribution in [-0.4, -0.2) is 13.2 Å². The normalized spacial score (nSPS) is 10.1. The molecule has 2 aromatic rings. The summed E-state index contributed by atoms with van der Waals surface area (Å²) in [6, 6.07) is 8.58. The molecule has 0 heterocycles. The zero-order chi connectivity index (χ0) is 15.9. The molecular weight excluding hydrogens is 286 g/mol. The van der Waals surface area contributed by atoms with Gasteiger partial charge in [0.25, 0.3) is 0 Å². The number of halogens is 2. The average Bonchev–Trinajstić information content (AvgIpc) is 2.52. The van der Waals surface area contributed by atoms with Gasteiger partial charge in [-0.1, -0.05) is 25.3 Å². The van der Waals surface area contributed by atoms with Gasteiger partial charge < -0.3 is 9.47 Å². The molecule has 0 N–H and O–H groups in total. The van der Waals surface area contributed by atoms with Crippen molar-refractivity contribution in [3.8, 4) is 22.6 Å². The molecule has 4 heteroatoms. The lowest BCUT2D eigenvalue weighted by Crippen LogP contribution is -1.96. The largest absolute Gasteiger partial charge is 0.489 e. The third-order valence-corrected chi connectivity index (χ3v) is 2.91. The summed E-state index contributed by atoms with van der Waals surface area (Å²) in [6.07, 6.45) is 3.13. The van der Waals surface area contributed by atoms with Gasteiger partial charge in [0.15, 0.2) is 0 Å². The molecule has 114 valence electrons. The molecule has 0 saturated heterocycles. The van der Waals surface area contributed by atoms with Crippen molar-refractivity contribution in [2.24, 2.45) is 0 Å². The number of hydrogen-bond acceptors (Lipinski definition) is 2. The molecule has 0 spiro atoms. The van der Waals surface area contributed by atoms with Crippen LogP contribution >= 0.6 is 0 Å². The van der Waals surface area contributed by atoms with E-state index in [1.165, 1.54) is 24.3 Å². The monoisotopic (exact) mass is 302 g/mol. The van der Waals surface area contributed by atoms with Crippen LogP contribution in [0.15, 0.2) is 61.7 Å². The first-order valence-corrected chi connectivity index (χ1v) is 6.72. The first-order valence-electron chi connectivity index (χ1n) is 6.72. The predicted molar refractivity (Wildman–Crippen MR) is 83.2 cm³/mol. The lowest BCUT2D eigenvalue weighted by Gasteiger charge is -2.10.